The maximum Gasteiger partial charge on any atom is 0.416 e. The fourth-order valence-corrected chi connectivity index (χ4v) is 2.97. The molecule has 0 aromatic heterocycles. The average Bonchev–Trinajstić information content (AvgIpc) is 2.77. The summed E-state index contributed by atoms with van der Waals surface area (Å²) >= 11 is 0. The van der Waals surface area contributed by atoms with E-state index in [2.05, 4.69) is 16.0 Å². The molecule has 5 nitrogen and oxygen atoms in total. The lowest BCUT2D eigenvalue weighted by atomic mass is 9.99. The second kappa shape index (κ2) is 9.80. The number of hydrogen-bond donors (Lipinski definition) is 3. The Kier molecular flexibility index (Phi) is 6.92. The number of rotatable bonds is 6. The number of nitrogens with one attached hydrogen (secondary N) is 3. The Labute approximate surface area is 177 Å². The van der Waals surface area contributed by atoms with Gasteiger partial charge < -0.3 is 16.0 Å². The minimum Gasteiger partial charge on any atom is -0.344 e. The molecule has 8 heteroatoms. The van der Waals surface area contributed by atoms with Crippen LogP contribution in [0, 0.1) is 0 Å². The zero-order chi connectivity index (χ0) is 22.3. The van der Waals surface area contributed by atoms with E-state index in [0.717, 1.165) is 23.3 Å². The van der Waals surface area contributed by atoms with Gasteiger partial charge in [0.2, 0.25) is 5.91 Å². The molecule has 0 saturated carbocycles. The topological polar surface area (TPSA) is 70.2 Å². The number of alkyl halides is 3. The SMILES string of the molecule is O=C(CNC(=O)Nc1cccc(C(F)(F)F)c1)NC(c1ccccc1)c1ccccc1. The molecule has 0 saturated heterocycles. The normalized spacial score (nSPS) is 11.1. The third kappa shape index (κ3) is 6.33. The van der Waals surface area contributed by atoms with Crippen LogP contribution >= 0.6 is 0 Å². The molecule has 0 atom stereocenters. The van der Waals surface area contributed by atoms with Crippen LogP contribution in [0.1, 0.15) is 22.7 Å². The van der Waals surface area contributed by atoms with Gasteiger partial charge in [0, 0.05) is 5.69 Å². The van der Waals surface area contributed by atoms with Crippen LogP contribution in [0.3, 0.4) is 0 Å². The largest absolute Gasteiger partial charge is 0.416 e. The quantitative estimate of drug-likeness (QED) is 0.532. The monoisotopic (exact) mass is 427 g/mol. The number of carbonyl (C=O) groups excluding carboxylic acids is 2. The highest BCUT2D eigenvalue weighted by atomic mass is 19.4. The standard InChI is InChI=1S/C23H20F3N3O2/c24-23(25,26)18-12-7-13-19(14-18)28-22(31)27-15-20(30)29-21(16-8-3-1-4-9-16)17-10-5-2-6-11-17/h1-14,21H,15H2,(H,29,30)(H2,27,28,31). The minimum absolute atomic E-state index is 0.0285. The lowest BCUT2D eigenvalue weighted by molar-refractivity contribution is -0.137. The first-order valence-electron chi connectivity index (χ1n) is 9.44. The first-order chi connectivity index (χ1) is 14.8. The molecule has 31 heavy (non-hydrogen) atoms. The molecule has 0 radical (unpaired) electrons. The van der Waals surface area contributed by atoms with Crippen molar-refractivity contribution in [3.63, 3.8) is 0 Å². The van der Waals surface area contributed by atoms with Gasteiger partial charge in [0.05, 0.1) is 18.2 Å². The second-order valence-electron chi connectivity index (χ2n) is 6.71. The number of anilines is 1. The molecule has 0 heterocycles. The number of benzene rings is 3. The van der Waals surface area contributed by atoms with Crippen LogP contribution in [-0.2, 0) is 11.0 Å². The van der Waals surface area contributed by atoms with E-state index in [0.29, 0.717) is 0 Å². The number of urea groups is 1. The van der Waals surface area contributed by atoms with Gasteiger partial charge in [-0.15, -0.1) is 0 Å². The summed E-state index contributed by atoms with van der Waals surface area (Å²) in [5.41, 5.74) is 0.835. The predicted molar refractivity (Wildman–Crippen MR) is 111 cm³/mol. The highest BCUT2D eigenvalue weighted by Crippen LogP contribution is 2.30. The van der Waals surface area contributed by atoms with Gasteiger partial charge >= 0.3 is 12.2 Å². The van der Waals surface area contributed by atoms with Gasteiger partial charge in [-0.25, -0.2) is 4.79 Å². The Morgan fingerprint density at radius 3 is 1.94 bits per heavy atom. The number of carbonyl (C=O) groups is 2. The van der Waals surface area contributed by atoms with Gasteiger partial charge in [0.15, 0.2) is 0 Å². The van der Waals surface area contributed by atoms with E-state index in [-0.39, 0.29) is 12.2 Å². The second-order valence-corrected chi connectivity index (χ2v) is 6.71. The Morgan fingerprint density at radius 2 is 1.39 bits per heavy atom. The lowest BCUT2D eigenvalue weighted by Gasteiger charge is -2.20. The van der Waals surface area contributed by atoms with E-state index in [9.17, 15) is 22.8 Å². The van der Waals surface area contributed by atoms with Crippen LogP contribution in [0.15, 0.2) is 84.9 Å². The first kappa shape index (κ1) is 21.9. The fourth-order valence-electron chi connectivity index (χ4n) is 2.97. The van der Waals surface area contributed by atoms with Crippen LogP contribution < -0.4 is 16.0 Å². The molecule has 0 aliphatic rings. The zero-order valence-corrected chi connectivity index (χ0v) is 16.3. The van der Waals surface area contributed by atoms with Crippen LogP contribution in [0.2, 0.25) is 0 Å². The maximum atomic E-state index is 12.8. The van der Waals surface area contributed by atoms with Gasteiger partial charge in [-0.05, 0) is 29.3 Å². The Bertz CT molecular complexity index is 985. The van der Waals surface area contributed by atoms with Crippen molar-refractivity contribution in [3.05, 3.63) is 102 Å². The van der Waals surface area contributed by atoms with E-state index >= 15 is 0 Å². The summed E-state index contributed by atoms with van der Waals surface area (Å²) in [5, 5.41) is 7.52. The van der Waals surface area contributed by atoms with Gasteiger partial charge in [-0.3, -0.25) is 4.79 Å². The van der Waals surface area contributed by atoms with Crippen LogP contribution in [-0.4, -0.2) is 18.5 Å². The molecule has 0 aliphatic heterocycles. The van der Waals surface area contributed by atoms with E-state index in [1.807, 2.05) is 60.7 Å². The molecular formula is C23H20F3N3O2. The third-order valence-corrected chi connectivity index (χ3v) is 4.43. The molecule has 0 fully saturated rings. The summed E-state index contributed by atoms with van der Waals surface area (Å²) in [7, 11) is 0. The number of halogens is 3. The highest BCUT2D eigenvalue weighted by Gasteiger charge is 2.30. The van der Waals surface area contributed by atoms with Crippen LogP contribution in [0.25, 0.3) is 0 Å². The lowest BCUT2D eigenvalue weighted by Crippen LogP contribution is -2.40. The number of hydrogen-bond acceptors (Lipinski definition) is 2. The number of amides is 3. The molecule has 3 aromatic carbocycles. The molecular weight excluding hydrogens is 407 g/mol. The Morgan fingerprint density at radius 1 is 0.806 bits per heavy atom. The van der Waals surface area contributed by atoms with E-state index in [1.54, 1.807) is 0 Å². The van der Waals surface area contributed by atoms with Gasteiger partial charge in [-0.1, -0.05) is 66.7 Å². The van der Waals surface area contributed by atoms with Crippen molar-refractivity contribution >= 4 is 17.6 Å². The molecule has 0 spiro atoms. The van der Waals surface area contributed by atoms with Gasteiger partial charge in [0.1, 0.15) is 0 Å². The molecule has 0 bridgehead atoms. The molecule has 3 rings (SSSR count). The van der Waals surface area contributed by atoms with Crippen molar-refractivity contribution in [2.75, 3.05) is 11.9 Å². The van der Waals surface area contributed by atoms with Crippen molar-refractivity contribution < 1.29 is 22.8 Å². The summed E-state index contributed by atoms with van der Waals surface area (Å²) in [6.45, 7) is -0.346. The van der Waals surface area contributed by atoms with Crippen LogP contribution in [0.5, 0.6) is 0 Å². The molecule has 3 amide bonds. The smallest absolute Gasteiger partial charge is 0.344 e. The first-order valence-corrected chi connectivity index (χ1v) is 9.44. The van der Waals surface area contributed by atoms with Crippen molar-refractivity contribution in [2.45, 2.75) is 12.2 Å². The molecule has 3 aromatic rings. The van der Waals surface area contributed by atoms with E-state index < -0.39 is 29.7 Å². The van der Waals surface area contributed by atoms with Crippen molar-refractivity contribution in [2.24, 2.45) is 0 Å². The third-order valence-electron chi connectivity index (χ3n) is 4.43. The summed E-state index contributed by atoms with van der Waals surface area (Å²) in [4.78, 5) is 24.5. The molecule has 0 aliphatic carbocycles. The zero-order valence-electron chi connectivity index (χ0n) is 16.3. The van der Waals surface area contributed by atoms with Crippen molar-refractivity contribution in [1.82, 2.24) is 10.6 Å². The summed E-state index contributed by atoms with van der Waals surface area (Å²) in [6, 6.07) is 21.7. The maximum absolute atomic E-state index is 12.8. The van der Waals surface area contributed by atoms with Crippen molar-refractivity contribution in [1.29, 1.82) is 0 Å². The molecule has 160 valence electrons. The van der Waals surface area contributed by atoms with Crippen LogP contribution in [0.4, 0.5) is 23.7 Å². The molecule has 0 unspecified atom stereocenters. The Balaban J connectivity index is 1.60. The van der Waals surface area contributed by atoms with E-state index in [4.69, 9.17) is 0 Å². The van der Waals surface area contributed by atoms with E-state index in [1.165, 1.54) is 12.1 Å². The summed E-state index contributed by atoms with van der Waals surface area (Å²) in [6.07, 6.45) is -4.52. The summed E-state index contributed by atoms with van der Waals surface area (Å²) in [5.74, 6) is -0.447. The fraction of sp³-hybridized carbons (Fsp3) is 0.130. The predicted octanol–water partition coefficient (Wildman–Crippen LogP) is 4.73. The highest BCUT2D eigenvalue weighted by molar-refractivity contribution is 5.92. The molecule has 3 N–H and O–H groups in total. The van der Waals surface area contributed by atoms with Gasteiger partial charge in [-0.2, -0.15) is 13.2 Å². The minimum atomic E-state index is -4.52. The van der Waals surface area contributed by atoms with Crippen molar-refractivity contribution in [3.8, 4) is 0 Å². The summed E-state index contributed by atoms with van der Waals surface area (Å²) < 4.78 is 38.3. The average molecular weight is 427 g/mol. The Hall–Kier alpha value is -3.81. The van der Waals surface area contributed by atoms with Gasteiger partial charge in [0.25, 0.3) is 0 Å².